The van der Waals surface area contributed by atoms with Crippen LogP contribution in [0.5, 0.6) is 0 Å². The first kappa shape index (κ1) is 17.9. The number of likely N-dealkylation sites (N-methyl/N-ethyl adjacent to an activating group) is 1. The van der Waals surface area contributed by atoms with Gasteiger partial charge < -0.3 is 20.2 Å². The van der Waals surface area contributed by atoms with Crippen LogP contribution >= 0.6 is 0 Å². The van der Waals surface area contributed by atoms with E-state index in [4.69, 9.17) is 0 Å². The maximum absolute atomic E-state index is 9.37. The van der Waals surface area contributed by atoms with Crippen LogP contribution in [-0.2, 0) is 0 Å². The second-order valence-electron chi connectivity index (χ2n) is 6.48. The molecule has 1 heterocycles. The Hall–Kier alpha value is -0.200. The molecule has 20 heavy (non-hydrogen) atoms. The van der Waals surface area contributed by atoms with Crippen LogP contribution in [0.25, 0.3) is 0 Å². The van der Waals surface area contributed by atoms with Crippen LogP contribution in [0.15, 0.2) is 0 Å². The Labute approximate surface area is 124 Å². The van der Waals surface area contributed by atoms with Crippen molar-refractivity contribution < 1.29 is 5.11 Å². The van der Waals surface area contributed by atoms with E-state index >= 15 is 0 Å². The molecule has 5 heteroatoms. The summed E-state index contributed by atoms with van der Waals surface area (Å²) in [5.41, 5.74) is 0. The van der Waals surface area contributed by atoms with E-state index in [9.17, 15) is 5.11 Å². The van der Waals surface area contributed by atoms with Crippen LogP contribution in [0.2, 0.25) is 0 Å². The normalized spacial score (nSPS) is 19.9. The van der Waals surface area contributed by atoms with Crippen molar-refractivity contribution >= 4 is 0 Å². The van der Waals surface area contributed by atoms with E-state index in [1.165, 1.54) is 19.6 Å². The van der Waals surface area contributed by atoms with Crippen molar-refractivity contribution in [3.8, 4) is 0 Å². The van der Waals surface area contributed by atoms with E-state index in [-0.39, 0.29) is 12.6 Å². The fraction of sp³-hybridized carbons (Fsp3) is 1.00. The third kappa shape index (κ3) is 7.55. The second-order valence-corrected chi connectivity index (χ2v) is 6.48. The fourth-order valence-electron chi connectivity index (χ4n) is 2.62. The molecule has 1 unspecified atom stereocenters. The van der Waals surface area contributed by atoms with Crippen LogP contribution in [0.3, 0.4) is 0 Å². The van der Waals surface area contributed by atoms with Gasteiger partial charge in [-0.25, -0.2) is 0 Å². The molecule has 120 valence electrons. The lowest BCUT2D eigenvalue weighted by molar-refractivity contribution is 0.117. The lowest BCUT2D eigenvalue weighted by atomic mass is 10.1. The number of aliphatic hydroxyl groups is 1. The minimum atomic E-state index is 0.237. The number of hydrogen-bond donors (Lipinski definition) is 2. The van der Waals surface area contributed by atoms with E-state index < -0.39 is 0 Å². The highest BCUT2D eigenvalue weighted by Crippen LogP contribution is 2.04. The lowest BCUT2D eigenvalue weighted by Crippen LogP contribution is -2.49. The Morgan fingerprint density at radius 3 is 2.05 bits per heavy atom. The Balaban J connectivity index is 2.15. The topological polar surface area (TPSA) is 42.0 Å². The molecule has 0 spiro atoms. The van der Waals surface area contributed by atoms with Gasteiger partial charge in [-0.3, -0.25) is 4.90 Å². The molecule has 0 amide bonds. The van der Waals surface area contributed by atoms with Gasteiger partial charge in [0.15, 0.2) is 0 Å². The molecule has 5 nitrogen and oxygen atoms in total. The molecule has 0 bridgehead atoms. The first-order chi connectivity index (χ1) is 9.51. The van der Waals surface area contributed by atoms with Crippen molar-refractivity contribution in [2.75, 3.05) is 66.5 Å². The van der Waals surface area contributed by atoms with E-state index in [0.717, 1.165) is 32.6 Å². The van der Waals surface area contributed by atoms with Crippen LogP contribution in [0, 0.1) is 0 Å². The van der Waals surface area contributed by atoms with E-state index in [0.29, 0.717) is 6.04 Å². The Morgan fingerprint density at radius 1 is 1.05 bits per heavy atom. The zero-order valence-electron chi connectivity index (χ0n) is 13.8. The Bertz CT molecular complexity index is 240. The molecule has 2 N–H and O–H groups in total. The molecule has 0 saturated carbocycles. The van der Waals surface area contributed by atoms with E-state index in [1.807, 2.05) is 0 Å². The molecule has 1 aliphatic heterocycles. The predicted octanol–water partition coefficient (Wildman–Crippen LogP) is -0.0854. The highest BCUT2D eigenvalue weighted by Gasteiger charge is 2.18. The zero-order chi connectivity index (χ0) is 15.0. The van der Waals surface area contributed by atoms with Gasteiger partial charge in [-0.15, -0.1) is 0 Å². The van der Waals surface area contributed by atoms with Gasteiger partial charge >= 0.3 is 0 Å². The molecular weight excluding hydrogens is 252 g/mol. The number of hydrogen-bond acceptors (Lipinski definition) is 5. The lowest BCUT2D eigenvalue weighted by Gasteiger charge is -2.35. The van der Waals surface area contributed by atoms with Gasteiger partial charge in [0, 0.05) is 51.4 Å². The SMILES string of the molecule is CC(C)NC(CO)CCN1CCN(CCN(C)C)CC1. The highest BCUT2D eigenvalue weighted by molar-refractivity contribution is 4.75. The smallest absolute Gasteiger partial charge is 0.0585 e. The number of aliphatic hydroxyl groups excluding tert-OH is 1. The van der Waals surface area contributed by atoms with Crippen molar-refractivity contribution in [1.29, 1.82) is 0 Å². The summed E-state index contributed by atoms with van der Waals surface area (Å²) in [7, 11) is 4.26. The highest BCUT2D eigenvalue weighted by atomic mass is 16.3. The summed E-state index contributed by atoms with van der Waals surface area (Å²) in [5, 5.41) is 12.8. The number of piperazine rings is 1. The fourth-order valence-corrected chi connectivity index (χ4v) is 2.62. The van der Waals surface area contributed by atoms with Crippen LogP contribution in [0.1, 0.15) is 20.3 Å². The van der Waals surface area contributed by atoms with Crippen LogP contribution in [-0.4, -0.2) is 98.4 Å². The molecule has 1 fully saturated rings. The van der Waals surface area contributed by atoms with Gasteiger partial charge in [0.05, 0.1) is 6.61 Å². The maximum atomic E-state index is 9.37. The van der Waals surface area contributed by atoms with Gasteiger partial charge in [-0.05, 0) is 27.1 Å². The molecule has 0 aromatic rings. The summed E-state index contributed by atoms with van der Waals surface area (Å²) < 4.78 is 0. The van der Waals surface area contributed by atoms with E-state index in [2.05, 4.69) is 48.0 Å². The van der Waals surface area contributed by atoms with Crippen LogP contribution < -0.4 is 5.32 Å². The molecule has 1 rings (SSSR count). The molecule has 1 aliphatic rings. The minimum Gasteiger partial charge on any atom is -0.395 e. The first-order valence-electron chi connectivity index (χ1n) is 7.97. The van der Waals surface area contributed by atoms with Gasteiger partial charge in [0.1, 0.15) is 0 Å². The first-order valence-corrected chi connectivity index (χ1v) is 7.97. The van der Waals surface area contributed by atoms with Crippen LogP contribution in [0.4, 0.5) is 0 Å². The number of rotatable bonds is 9. The monoisotopic (exact) mass is 286 g/mol. The summed E-state index contributed by atoms with van der Waals surface area (Å²) in [4.78, 5) is 7.32. The van der Waals surface area contributed by atoms with Crippen molar-refractivity contribution in [2.45, 2.75) is 32.4 Å². The van der Waals surface area contributed by atoms with Crippen molar-refractivity contribution in [3.63, 3.8) is 0 Å². The number of nitrogens with one attached hydrogen (secondary N) is 1. The average Bonchev–Trinajstić information content (AvgIpc) is 2.41. The molecule has 0 radical (unpaired) electrons. The van der Waals surface area contributed by atoms with Crippen molar-refractivity contribution in [1.82, 2.24) is 20.0 Å². The third-order valence-electron chi connectivity index (χ3n) is 3.91. The minimum absolute atomic E-state index is 0.237. The van der Waals surface area contributed by atoms with Crippen molar-refractivity contribution in [3.05, 3.63) is 0 Å². The molecule has 1 atom stereocenters. The van der Waals surface area contributed by atoms with Crippen molar-refractivity contribution in [2.24, 2.45) is 0 Å². The molecule has 1 saturated heterocycles. The molecule has 0 aliphatic carbocycles. The average molecular weight is 286 g/mol. The second kappa shape index (κ2) is 9.68. The molecule has 0 aromatic heterocycles. The predicted molar refractivity (Wildman–Crippen MR) is 85.2 cm³/mol. The quantitative estimate of drug-likeness (QED) is 0.620. The van der Waals surface area contributed by atoms with E-state index in [1.54, 1.807) is 0 Å². The summed E-state index contributed by atoms with van der Waals surface area (Å²) in [5.74, 6) is 0. The largest absolute Gasteiger partial charge is 0.395 e. The maximum Gasteiger partial charge on any atom is 0.0585 e. The van der Waals surface area contributed by atoms with Gasteiger partial charge in [0.25, 0.3) is 0 Å². The third-order valence-corrected chi connectivity index (χ3v) is 3.91. The summed E-state index contributed by atoms with van der Waals surface area (Å²) in [6.07, 6.45) is 1.03. The number of nitrogens with zero attached hydrogens (tertiary/aromatic N) is 3. The van der Waals surface area contributed by atoms with Gasteiger partial charge in [-0.2, -0.15) is 0 Å². The van der Waals surface area contributed by atoms with Gasteiger partial charge in [0.2, 0.25) is 0 Å². The standard InChI is InChI=1S/C15H34N4O/c1-14(2)16-15(13-20)5-6-18-9-11-19(12-10-18)8-7-17(3)4/h14-16,20H,5-13H2,1-4H3. The summed E-state index contributed by atoms with van der Waals surface area (Å²) in [6.45, 7) is 12.6. The summed E-state index contributed by atoms with van der Waals surface area (Å²) in [6, 6.07) is 0.678. The Kier molecular flexibility index (Phi) is 8.64. The Morgan fingerprint density at radius 2 is 1.60 bits per heavy atom. The molecular formula is C15H34N4O. The molecule has 0 aromatic carbocycles. The van der Waals surface area contributed by atoms with Gasteiger partial charge in [-0.1, -0.05) is 13.8 Å². The summed E-state index contributed by atoms with van der Waals surface area (Å²) >= 11 is 0. The zero-order valence-corrected chi connectivity index (χ0v) is 13.8.